The number of aliphatic hydroxyl groups excluding tert-OH is 2. The first-order valence-electron chi connectivity index (χ1n) is 3.34. The topological polar surface area (TPSA) is 61.7 Å². The molecule has 60 valence electrons. The van der Waals surface area contributed by atoms with Gasteiger partial charge in [-0.15, -0.1) is 0 Å². The Morgan fingerprint density at radius 1 is 1.60 bits per heavy atom. The molecule has 1 aliphatic rings. The Morgan fingerprint density at radius 2 is 2.30 bits per heavy atom. The highest BCUT2D eigenvalue weighted by Crippen LogP contribution is 2.07. The molecule has 3 N–H and O–H groups in total. The first-order chi connectivity index (χ1) is 4.75. The van der Waals surface area contributed by atoms with Crippen molar-refractivity contribution in [2.24, 2.45) is 0 Å². The van der Waals surface area contributed by atoms with E-state index in [2.05, 4.69) is 5.32 Å². The van der Waals surface area contributed by atoms with Gasteiger partial charge in [-0.1, -0.05) is 0 Å². The number of ether oxygens (including phenoxy) is 1. The molecule has 1 heterocycles. The van der Waals surface area contributed by atoms with Crippen LogP contribution in [-0.2, 0) is 4.74 Å². The predicted molar refractivity (Wildman–Crippen MR) is 35.7 cm³/mol. The predicted octanol–water partition coefficient (Wildman–Crippen LogP) is -1.67. The highest BCUT2D eigenvalue weighted by molar-refractivity contribution is 4.89. The normalized spacial score (nSPS) is 40.5. The second-order valence-corrected chi connectivity index (χ2v) is 2.53. The minimum Gasteiger partial charge on any atom is -0.389 e. The van der Waals surface area contributed by atoms with E-state index in [0.717, 1.165) is 0 Å². The van der Waals surface area contributed by atoms with Gasteiger partial charge < -0.3 is 20.3 Å². The molecule has 4 nitrogen and oxygen atoms in total. The van der Waals surface area contributed by atoms with Crippen molar-refractivity contribution in [2.45, 2.75) is 18.2 Å². The second kappa shape index (κ2) is 3.30. The molecule has 0 bridgehead atoms. The third-order valence-electron chi connectivity index (χ3n) is 1.74. The average Bonchev–Trinajstić information content (AvgIpc) is 2.20. The molecule has 0 unspecified atom stereocenters. The summed E-state index contributed by atoms with van der Waals surface area (Å²) < 4.78 is 4.81. The summed E-state index contributed by atoms with van der Waals surface area (Å²) >= 11 is 0. The smallest absolute Gasteiger partial charge is 0.0986 e. The van der Waals surface area contributed by atoms with Crippen molar-refractivity contribution in [3.63, 3.8) is 0 Å². The van der Waals surface area contributed by atoms with Crippen LogP contribution in [-0.4, -0.2) is 48.7 Å². The number of rotatable bonds is 2. The summed E-state index contributed by atoms with van der Waals surface area (Å²) in [5.74, 6) is 0. The lowest BCUT2D eigenvalue weighted by atomic mass is 10.1. The van der Waals surface area contributed by atoms with Crippen molar-refractivity contribution in [1.82, 2.24) is 5.32 Å². The van der Waals surface area contributed by atoms with Crippen molar-refractivity contribution >= 4 is 0 Å². The van der Waals surface area contributed by atoms with Crippen LogP contribution in [0, 0.1) is 0 Å². The molecule has 1 fully saturated rings. The number of hydrogen-bond acceptors (Lipinski definition) is 4. The van der Waals surface area contributed by atoms with Gasteiger partial charge in [0.2, 0.25) is 0 Å². The number of aliphatic hydroxyl groups is 2. The largest absolute Gasteiger partial charge is 0.389 e. The first-order valence-corrected chi connectivity index (χ1v) is 3.34. The third kappa shape index (κ3) is 1.46. The molecule has 0 aromatic heterocycles. The van der Waals surface area contributed by atoms with Crippen LogP contribution in [0.1, 0.15) is 0 Å². The molecule has 0 radical (unpaired) electrons. The van der Waals surface area contributed by atoms with Crippen LogP contribution in [0.3, 0.4) is 0 Å². The Kier molecular flexibility index (Phi) is 2.62. The van der Waals surface area contributed by atoms with Gasteiger partial charge in [0.1, 0.15) is 0 Å². The fourth-order valence-corrected chi connectivity index (χ4v) is 1.12. The molecule has 1 rings (SSSR count). The quantitative estimate of drug-likeness (QED) is 0.437. The van der Waals surface area contributed by atoms with E-state index in [-0.39, 0.29) is 6.04 Å². The maximum absolute atomic E-state index is 9.20. The summed E-state index contributed by atoms with van der Waals surface area (Å²) in [6, 6.07) is -0.111. The second-order valence-electron chi connectivity index (χ2n) is 2.53. The Hall–Kier alpha value is -0.160. The lowest BCUT2D eigenvalue weighted by Gasteiger charge is -2.13. The molecule has 4 heteroatoms. The minimum absolute atomic E-state index is 0.111. The van der Waals surface area contributed by atoms with Gasteiger partial charge in [-0.05, 0) is 0 Å². The molecule has 0 spiro atoms. The lowest BCUT2D eigenvalue weighted by Crippen LogP contribution is -2.36. The van der Waals surface area contributed by atoms with E-state index in [1.54, 1.807) is 7.11 Å². The van der Waals surface area contributed by atoms with Gasteiger partial charge in [-0.25, -0.2) is 0 Å². The zero-order valence-corrected chi connectivity index (χ0v) is 5.95. The van der Waals surface area contributed by atoms with Crippen molar-refractivity contribution in [1.29, 1.82) is 0 Å². The van der Waals surface area contributed by atoms with Gasteiger partial charge in [0.05, 0.1) is 24.9 Å². The Labute approximate surface area is 59.8 Å². The molecule has 0 saturated carbocycles. The van der Waals surface area contributed by atoms with Gasteiger partial charge in [0.15, 0.2) is 0 Å². The molecule has 0 aliphatic carbocycles. The highest BCUT2D eigenvalue weighted by Gasteiger charge is 2.32. The first kappa shape index (κ1) is 7.94. The molecular formula is C6H13NO3. The molecule has 1 saturated heterocycles. The molecule has 1 aliphatic heterocycles. The van der Waals surface area contributed by atoms with Crippen LogP contribution in [0.5, 0.6) is 0 Å². The third-order valence-corrected chi connectivity index (χ3v) is 1.74. The number of hydrogen-bond donors (Lipinski definition) is 3. The van der Waals surface area contributed by atoms with Crippen LogP contribution in [0.15, 0.2) is 0 Å². The number of methoxy groups -OCH3 is 1. The van der Waals surface area contributed by atoms with E-state index >= 15 is 0 Å². The fraction of sp³-hybridized carbons (Fsp3) is 1.00. The van der Waals surface area contributed by atoms with Crippen LogP contribution in [0.4, 0.5) is 0 Å². The van der Waals surface area contributed by atoms with Gasteiger partial charge in [-0.2, -0.15) is 0 Å². The monoisotopic (exact) mass is 147 g/mol. The zero-order chi connectivity index (χ0) is 7.56. The van der Waals surface area contributed by atoms with Crippen molar-refractivity contribution in [2.75, 3.05) is 20.3 Å². The van der Waals surface area contributed by atoms with E-state index < -0.39 is 12.2 Å². The van der Waals surface area contributed by atoms with Crippen LogP contribution >= 0.6 is 0 Å². The zero-order valence-electron chi connectivity index (χ0n) is 5.95. The molecule has 0 aromatic rings. The summed E-state index contributed by atoms with van der Waals surface area (Å²) in [6.45, 7) is 0.896. The van der Waals surface area contributed by atoms with Crippen LogP contribution < -0.4 is 5.32 Å². The molecule has 10 heavy (non-hydrogen) atoms. The van der Waals surface area contributed by atoms with Crippen molar-refractivity contribution in [3.05, 3.63) is 0 Å². The van der Waals surface area contributed by atoms with Gasteiger partial charge in [0, 0.05) is 13.7 Å². The van der Waals surface area contributed by atoms with E-state index in [0.29, 0.717) is 13.2 Å². The summed E-state index contributed by atoms with van der Waals surface area (Å²) in [7, 11) is 1.57. The van der Waals surface area contributed by atoms with Crippen LogP contribution in [0.25, 0.3) is 0 Å². The Morgan fingerprint density at radius 3 is 2.70 bits per heavy atom. The Bertz CT molecular complexity index is 107. The molecule has 0 amide bonds. The summed E-state index contributed by atoms with van der Waals surface area (Å²) in [5, 5.41) is 21.2. The lowest BCUT2D eigenvalue weighted by molar-refractivity contribution is 0.0234. The van der Waals surface area contributed by atoms with Gasteiger partial charge in [-0.3, -0.25) is 0 Å². The number of β-amino-alcohol motifs (C(OH)–C–C–N with tert-alkyl or cyclic N) is 1. The summed E-state index contributed by atoms with van der Waals surface area (Å²) in [5.41, 5.74) is 0. The molecular weight excluding hydrogens is 134 g/mol. The SMILES string of the molecule is COC[C@@H]1NC[C@@H](O)[C@H]1O. The summed E-state index contributed by atoms with van der Waals surface area (Å²) in [4.78, 5) is 0. The maximum Gasteiger partial charge on any atom is 0.0986 e. The molecule has 3 atom stereocenters. The number of nitrogens with one attached hydrogen (secondary N) is 1. The van der Waals surface area contributed by atoms with E-state index in [4.69, 9.17) is 9.84 Å². The van der Waals surface area contributed by atoms with E-state index in [9.17, 15) is 5.11 Å². The van der Waals surface area contributed by atoms with Gasteiger partial charge in [0.25, 0.3) is 0 Å². The maximum atomic E-state index is 9.20. The summed E-state index contributed by atoms with van der Waals surface area (Å²) in [6.07, 6.45) is -1.32. The molecule has 0 aromatic carbocycles. The fourth-order valence-electron chi connectivity index (χ4n) is 1.12. The van der Waals surface area contributed by atoms with E-state index in [1.165, 1.54) is 0 Å². The van der Waals surface area contributed by atoms with E-state index in [1.807, 2.05) is 0 Å². The van der Waals surface area contributed by atoms with Crippen molar-refractivity contribution < 1.29 is 14.9 Å². The van der Waals surface area contributed by atoms with Crippen molar-refractivity contribution in [3.8, 4) is 0 Å². The minimum atomic E-state index is -0.681. The van der Waals surface area contributed by atoms with Crippen LogP contribution in [0.2, 0.25) is 0 Å². The Balaban J connectivity index is 2.33. The average molecular weight is 147 g/mol. The standard InChI is InChI=1S/C6H13NO3/c1-10-3-4-6(9)5(8)2-7-4/h4-9H,2-3H2,1H3/t4-,5+,6-/m0/s1. The highest BCUT2D eigenvalue weighted by atomic mass is 16.5. The van der Waals surface area contributed by atoms with Gasteiger partial charge >= 0.3 is 0 Å².